The van der Waals surface area contributed by atoms with E-state index in [0.717, 1.165) is 12.8 Å². The molecule has 0 heterocycles. The summed E-state index contributed by atoms with van der Waals surface area (Å²) in [5.41, 5.74) is 6.81. The third-order valence-corrected chi connectivity index (χ3v) is 5.41. The van der Waals surface area contributed by atoms with E-state index >= 15 is 0 Å². The van der Waals surface area contributed by atoms with Gasteiger partial charge in [0, 0.05) is 23.4 Å². The fourth-order valence-corrected chi connectivity index (χ4v) is 3.88. The van der Waals surface area contributed by atoms with Crippen LogP contribution in [0.25, 0.3) is 0 Å². The molecule has 0 aromatic heterocycles. The van der Waals surface area contributed by atoms with Crippen LogP contribution < -0.4 is 5.73 Å². The number of sulfone groups is 1. The van der Waals surface area contributed by atoms with Crippen LogP contribution in [0.2, 0.25) is 0 Å². The Morgan fingerprint density at radius 3 is 2.68 bits per heavy atom. The Morgan fingerprint density at radius 2 is 2.05 bits per heavy atom. The highest BCUT2D eigenvalue weighted by Gasteiger charge is 2.32. The number of nitrogens with two attached hydrogens (primary N) is 1. The van der Waals surface area contributed by atoms with E-state index in [1.54, 1.807) is 24.3 Å². The van der Waals surface area contributed by atoms with Crippen molar-refractivity contribution >= 4 is 21.3 Å². The van der Waals surface area contributed by atoms with Gasteiger partial charge in [-0.05, 0) is 31.4 Å². The zero-order valence-electron chi connectivity index (χ0n) is 11.0. The van der Waals surface area contributed by atoms with Crippen molar-refractivity contribution in [2.45, 2.75) is 30.9 Å². The topological polar surface area (TPSA) is 77.2 Å². The molecule has 1 saturated carbocycles. The minimum Gasteiger partial charge on any atom is -0.399 e. The molecule has 1 aromatic carbocycles. The molecule has 19 heavy (non-hydrogen) atoms. The summed E-state index contributed by atoms with van der Waals surface area (Å²) in [7, 11) is -3.06. The van der Waals surface area contributed by atoms with Crippen LogP contribution in [0.5, 0.6) is 0 Å². The molecule has 2 N–H and O–H groups in total. The molecular weight excluding hydrogens is 262 g/mol. The van der Waals surface area contributed by atoms with Crippen molar-refractivity contribution in [2.24, 2.45) is 5.92 Å². The van der Waals surface area contributed by atoms with Crippen molar-refractivity contribution in [1.82, 2.24) is 0 Å². The number of ketones is 1. The monoisotopic (exact) mass is 281 g/mol. The van der Waals surface area contributed by atoms with E-state index in [4.69, 9.17) is 5.73 Å². The molecule has 4 nitrogen and oxygen atoms in total. The first kappa shape index (κ1) is 14.1. The van der Waals surface area contributed by atoms with Crippen LogP contribution in [0.3, 0.4) is 0 Å². The van der Waals surface area contributed by atoms with Crippen molar-refractivity contribution in [1.29, 1.82) is 0 Å². The average Bonchev–Trinajstić information content (AvgIpc) is 2.37. The standard InChI is InChI=1S/C14H19NO3S/c1-19(17,18)13-7-3-5-11(9-13)14(16)10-4-2-6-12(15)8-10/h2,4,6,8,11,13H,3,5,7,9,15H2,1H3. The van der Waals surface area contributed by atoms with Gasteiger partial charge in [-0.15, -0.1) is 0 Å². The lowest BCUT2D eigenvalue weighted by Crippen LogP contribution is -2.31. The van der Waals surface area contributed by atoms with E-state index in [2.05, 4.69) is 0 Å². The zero-order valence-corrected chi connectivity index (χ0v) is 11.8. The van der Waals surface area contributed by atoms with Gasteiger partial charge in [0.25, 0.3) is 0 Å². The molecule has 104 valence electrons. The Balaban J connectivity index is 2.16. The molecule has 0 amide bonds. The fourth-order valence-electron chi connectivity index (χ4n) is 2.70. The molecule has 1 aliphatic rings. The summed E-state index contributed by atoms with van der Waals surface area (Å²) >= 11 is 0. The molecule has 0 spiro atoms. The molecule has 0 aliphatic heterocycles. The summed E-state index contributed by atoms with van der Waals surface area (Å²) in [6.45, 7) is 0. The Kier molecular flexibility index (Phi) is 3.94. The molecule has 2 unspecified atom stereocenters. The lowest BCUT2D eigenvalue weighted by Gasteiger charge is -2.27. The number of anilines is 1. The van der Waals surface area contributed by atoms with Gasteiger partial charge in [0.2, 0.25) is 0 Å². The molecule has 0 radical (unpaired) electrons. The van der Waals surface area contributed by atoms with Crippen molar-refractivity contribution in [3.05, 3.63) is 29.8 Å². The molecule has 1 fully saturated rings. The van der Waals surface area contributed by atoms with Crippen molar-refractivity contribution in [3.8, 4) is 0 Å². The Bertz CT molecular complexity index is 580. The van der Waals surface area contributed by atoms with E-state index < -0.39 is 9.84 Å². The highest BCUT2D eigenvalue weighted by Crippen LogP contribution is 2.31. The Morgan fingerprint density at radius 1 is 1.32 bits per heavy atom. The van der Waals surface area contributed by atoms with Gasteiger partial charge in [-0.3, -0.25) is 4.79 Å². The highest BCUT2D eigenvalue weighted by atomic mass is 32.2. The molecule has 1 aromatic rings. The van der Waals surface area contributed by atoms with Gasteiger partial charge in [0.05, 0.1) is 5.25 Å². The normalized spacial score (nSPS) is 24.1. The van der Waals surface area contributed by atoms with Gasteiger partial charge < -0.3 is 5.73 Å². The number of hydrogen-bond donors (Lipinski definition) is 1. The minimum absolute atomic E-state index is 0.0145. The smallest absolute Gasteiger partial charge is 0.166 e. The number of rotatable bonds is 3. The van der Waals surface area contributed by atoms with Crippen LogP contribution in [0.1, 0.15) is 36.0 Å². The average molecular weight is 281 g/mol. The molecule has 1 aliphatic carbocycles. The molecular formula is C14H19NO3S. The number of carbonyl (C=O) groups excluding carboxylic acids is 1. The first-order valence-electron chi connectivity index (χ1n) is 6.46. The first-order valence-corrected chi connectivity index (χ1v) is 8.42. The Labute approximate surface area is 113 Å². The predicted octanol–water partition coefficient (Wildman–Crippen LogP) is 2.05. The summed E-state index contributed by atoms with van der Waals surface area (Å²) in [5.74, 6) is -0.184. The predicted molar refractivity (Wildman–Crippen MR) is 75.8 cm³/mol. The highest BCUT2D eigenvalue weighted by molar-refractivity contribution is 7.91. The largest absolute Gasteiger partial charge is 0.399 e. The van der Waals surface area contributed by atoms with Crippen LogP contribution in [0, 0.1) is 5.92 Å². The van der Waals surface area contributed by atoms with Gasteiger partial charge in [-0.1, -0.05) is 18.6 Å². The third kappa shape index (κ3) is 3.35. The van der Waals surface area contributed by atoms with Gasteiger partial charge in [-0.25, -0.2) is 8.42 Å². The number of Topliss-reactive ketones (excluding diaryl/α,β-unsaturated/α-hetero) is 1. The van der Waals surface area contributed by atoms with E-state index in [-0.39, 0.29) is 17.0 Å². The maximum atomic E-state index is 12.4. The molecule has 0 bridgehead atoms. The van der Waals surface area contributed by atoms with Crippen LogP contribution in [0.4, 0.5) is 5.69 Å². The van der Waals surface area contributed by atoms with Gasteiger partial charge in [0.1, 0.15) is 9.84 Å². The number of carbonyl (C=O) groups is 1. The van der Waals surface area contributed by atoms with E-state index in [0.29, 0.717) is 24.1 Å². The summed E-state index contributed by atoms with van der Waals surface area (Å²) in [6, 6.07) is 6.88. The second-order valence-electron chi connectivity index (χ2n) is 5.30. The van der Waals surface area contributed by atoms with Crippen molar-refractivity contribution in [3.63, 3.8) is 0 Å². The minimum atomic E-state index is -3.06. The first-order chi connectivity index (χ1) is 8.88. The van der Waals surface area contributed by atoms with Gasteiger partial charge in [-0.2, -0.15) is 0 Å². The van der Waals surface area contributed by atoms with Gasteiger partial charge in [0.15, 0.2) is 5.78 Å². The Hall–Kier alpha value is -1.36. The SMILES string of the molecule is CS(=O)(=O)C1CCCC(C(=O)c2cccc(N)c2)C1. The van der Waals surface area contributed by atoms with Crippen LogP contribution in [-0.2, 0) is 9.84 Å². The molecule has 2 atom stereocenters. The lowest BCUT2D eigenvalue weighted by molar-refractivity contribution is 0.0891. The number of hydrogen-bond acceptors (Lipinski definition) is 4. The second kappa shape index (κ2) is 5.33. The quantitative estimate of drug-likeness (QED) is 0.679. The maximum Gasteiger partial charge on any atom is 0.166 e. The summed E-state index contributed by atoms with van der Waals surface area (Å²) < 4.78 is 23.2. The summed E-state index contributed by atoms with van der Waals surface area (Å²) in [4.78, 5) is 12.4. The zero-order chi connectivity index (χ0) is 14.0. The van der Waals surface area contributed by atoms with Crippen molar-refractivity contribution < 1.29 is 13.2 Å². The van der Waals surface area contributed by atoms with Crippen molar-refractivity contribution in [2.75, 3.05) is 12.0 Å². The van der Waals surface area contributed by atoms with Crippen LogP contribution in [0.15, 0.2) is 24.3 Å². The summed E-state index contributed by atoms with van der Waals surface area (Å²) in [5, 5.41) is -0.378. The number of nitrogen functional groups attached to an aromatic ring is 1. The van der Waals surface area contributed by atoms with E-state index in [9.17, 15) is 13.2 Å². The van der Waals surface area contributed by atoms with Crippen LogP contribution in [-0.4, -0.2) is 25.7 Å². The maximum absolute atomic E-state index is 12.4. The van der Waals surface area contributed by atoms with Crippen LogP contribution >= 0.6 is 0 Å². The fraction of sp³-hybridized carbons (Fsp3) is 0.500. The molecule has 2 rings (SSSR count). The number of benzene rings is 1. The summed E-state index contributed by atoms with van der Waals surface area (Å²) in [6.07, 6.45) is 3.91. The third-order valence-electron chi connectivity index (χ3n) is 3.77. The van der Waals surface area contributed by atoms with E-state index in [1.165, 1.54) is 6.26 Å². The lowest BCUT2D eigenvalue weighted by atomic mass is 9.83. The molecule has 5 heteroatoms. The molecule has 0 saturated heterocycles. The van der Waals surface area contributed by atoms with Gasteiger partial charge >= 0.3 is 0 Å². The van der Waals surface area contributed by atoms with E-state index in [1.807, 2.05) is 0 Å². The second-order valence-corrected chi connectivity index (χ2v) is 7.63.